The lowest BCUT2D eigenvalue weighted by Crippen LogP contribution is -2.57. The maximum absolute atomic E-state index is 12.4. The van der Waals surface area contributed by atoms with E-state index in [1.807, 2.05) is 25.1 Å². The predicted molar refractivity (Wildman–Crippen MR) is 100 cm³/mol. The molecule has 1 aromatic carbocycles. The van der Waals surface area contributed by atoms with Crippen LogP contribution in [-0.4, -0.2) is 49.3 Å². The van der Waals surface area contributed by atoms with Crippen LogP contribution in [0.3, 0.4) is 0 Å². The fourth-order valence-corrected chi connectivity index (χ4v) is 4.39. The third-order valence-electron chi connectivity index (χ3n) is 5.73. The molecule has 2 saturated heterocycles. The van der Waals surface area contributed by atoms with Crippen LogP contribution in [0.15, 0.2) is 24.3 Å². The van der Waals surface area contributed by atoms with Crippen molar-refractivity contribution in [2.45, 2.75) is 69.6 Å². The molecule has 0 aromatic heterocycles. The number of hydrogen-bond donors (Lipinski definition) is 2. The molecule has 2 aliphatic heterocycles. The Morgan fingerprint density at radius 2 is 2.04 bits per heavy atom. The lowest BCUT2D eigenvalue weighted by atomic mass is 9.82. The first-order valence-electron chi connectivity index (χ1n) is 9.47. The van der Waals surface area contributed by atoms with Gasteiger partial charge in [0, 0.05) is 24.2 Å². The minimum atomic E-state index is -0.0389. The monoisotopic (exact) mass is 345 g/mol. The highest BCUT2D eigenvalue weighted by Crippen LogP contribution is 2.32. The van der Waals surface area contributed by atoms with Crippen LogP contribution in [0.4, 0.5) is 4.79 Å². The molecular weight excluding hydrogens is 314 g/mol. The lowest BCUT2D eigenvalue weighted by Gasteiger charge is -2.47. The zero-order valence-electron chi connectivity index (χ0n) is 15.6. The summed E-state index contributed by atoms with van der Waals surface area (Å²) in [5, 5.41) is 6.29. The van der Waals surface area contributed by atoms with Crippen LogP contribution in [0, 0.1) is 0 Å². The number of rotatable bonds is 5. The van der Waals surface area contributed by atoms with Crippen molar-refractivity contribution in [3.05, 3.63) is 29.8 Å². The van der Waals surface area contributed by atoms with E-state index in [9.17, 15) is 4.79 Å². The molecule has 5 nitrogen and oxygen atoms in total. The number of fused-ring (bicyclic) bond motifs is 2. The fourth-order valence-electron chi connectivity index (χ4n) is 4.39. The minimum absolute atomic E-state index is 0.0389. The number of ether oxygens (including phenoxy) is 1. The number of benzene rings is 1. The molecule has 2 fully saturated rings. The van der Waals surface area contributed by atoms with Crippen molar-refractivity contribution in [2.24, 2.45) is 0 Å². The van der Waals surface area contributed by atoms with Gasteiger partial charge in [-0.3, -0.25) is 0 Å². The number of hydrogen-bond acceptors (Lipinski definition) is 3. The Balaban J connectivity index is 1.47. The Morgan fingerprint density at radius 3 is 2.72 bits per heavy atom. The van der Waals surface area contributed by atoms with Crippen molar-refractivity contribution in [3.63, 3.8) is 0 Å². The number of amides is 2. The molecular formula is C20H31N3O2. The molecule has 2 bridgehead atoms. The van der Waals surface area contributed by atoms with Gasteiger partial charge in [0.15, 0.2) is 0 Å². The third-order valence-corrected chi connectivity index (χ3v) is 5.73. The van der Waals surface area contributed by atoms with E-state index in [0.29, 0.717) is 18.1 Å². The highest BCUT2D eigenvalue weighted by Gasteiger charge is 2.36. The number of piperidine rings is 2. The number of carbonyl (C=O) groups is 1. The Bertz CT molecular complexity index is 578. The van der Waals surface area contributed by atoms with Crippen LogP contribution in [0.1, 0.15) is 44.6 Å². The van der Waals surface area contributed by atoms with Gasteiger partial charge in [-0.15, -0.1) is 0 Å². The van der Waals surface area contributed by atoms with Crippen LogP contribution < -0.4 is 15.4 Å². The van der Waals surface area contributed by atoms with Gasteiger partial charge in [0.05, 0.1) is 7.11 Å². The molecule has 2 heterocycles. The molecule has 5 heteroatoms. The van der Waals surface area contributed by atoms with E-state index in [-0.39, 0.29) is 12.1 Å². The van der Waals surface area contributed by atoms with Gasteiger partial charge in [-0.1, -0.05) is 18.6 Å². The molecule has 138 valence electrons. The van der Waals surface area contributed by atoms with Crippen molar-refractivity contribution < 1.29 is 9.53 Å². The molecule has 25 heavy (non-hydrogen) atoms. The number of carbonyl (C=O) groups excluding carboxylic acids is 1. The van der Waals surface area contributed by atoms with Gasteiger partial charge in [-0.2, -0.15) is 0 Å². The van der Waals surface area contributed by atoms with Crippen molar-refractivity contribution >= 4 is 6.03 Å². The first-order valence-corrected chi connectivity index (χ1v) is 9.47. The number of urea groups is 1. The number of methoxy groups -OCH3 is 1. The van der Waals surface area contributed by atoms with Crippen LogP contribution in [0.2, 0.25) is 0 Å². The Morgan fingerprint density at radius 1 is 1.32 bits per heavy atom. The summed E-state index contributed by atoms with van der Waals surface area (Å²) < 4.78 is 5.26. The van der Waals surface area contributed by atoms with Gasteiger partial charge >= 0.3 is 6.03 Å². The van der Waals surface area contributed by atoms with Crippen LogP contribution >= 0.6 is 0 Å². The van der Waals surface area contributed by atoms with Gasteiger partial charge in [0.2, 0.25) is 0 Å². The van der Waals surface area contributed by atoms with Gasteiger partial charge in [0.25, 0.3) is 0 Å². The first-order chi connectivity index (χ1) is 12.0. The quantitative estimate of drug-likeness (QED) is 0.863. The third kappa shape index (κ3) is 4.66. The summed E-state index contributed by atoms with van der Waals surface area (Å²) in [6.45, 7) is 2.04. The van der Waals surface area contributed by atoms with E-state index in [4.69, 9.17) is 4.74 Å². The van der Waals surface area contributed by atoms with E-state index >= 15 is 0 Å². The van der Waals surface area contributed by atoms with Crippen LogP contribution in [-0.2, 0) is 6.42 Å². The fraction of sp³-hybridized carbons (Fsp3) is 0.650. The standard InChI is InChI=1S/C20H31N3O2/c1-14(10-15-6-4-9-19(11-15)25-3)21-20(24)22-16-12-17-7-5-8-18(13-16)23(17)2/h4,6,9,11,14,16-18H,5,7-8,10,12-13H2,1-3H3,(H2,21,22,24)/t14-,16?,17-,18+/m1/s1. The maximum Gasteiger partial charge on any atom is 0.315 e. The van der Waals surface area contributed by atoms with Crippen molar-refractivity contribution in [3.8, 4) is 5.75 Å². The number of nitrogens with zero attached hydrogens (tertiary/aromatic N) is 1. The highest BCUT2D eigenvalue weighted by molar-refractivity contribution is 5.74. The summed E-state index contributed by atoms with van der Waals surface area (Å²) >= 11 is 0. The van der Waals surface area contributed by atoms with E-state index < -0.39 is 0 Å². The van der Waals surface area contributed by atoms with Crippen molar-refractivity contribution in [2.75, 3.05) is 14.2 Å². The summed E-state index contributed by atoms with van der Waals surface area (Å²) in [7, 11) is 3.91. The topological polar surface area (TPSA) is 53.6 Å². The molecule has 0 spiro atoms. The minimum Gasteiger partial charge on any atom is -0.497 e. The largest absolute Gasteiger partial charge is 0.497 e. The second-order valence-electron chi connectivity index (χ2n) is 7.65. The van der Waals surface area contributed by atoms with Gasteiger partial charge in [-0.05, 0) is 63.8 Å². The average molecular weight is 345 g/mol. The smallest absolute Gasteiger partial charge is 0.315 e. The zero-order chi connectivity index (χ0) is 17.8. The van der Waals surface area contributed by atoms with Gasteiger partial charge < -0.3 is 20.3 Å². The lowest BCUT2D eigenvalue weighted by molar-refractivity contribution is 0.0508. The summed E-state index contributed by atoms with van der Waals surface area (Å²) in [6.07, 6.45) is 6.80. The van der Waals surface area contributed by atoms with Crippen LogP contribution in [0.25, 0.3) is 0 Å². The predicted octanol–water partition coefficient (Wildman–Crippen LogP) is 2.94. The second kappa shape index (κ2) is 8.09. The molecule has 2 aliphatic rings. The zero-order valence-corrected chi connectivity index (χ0v) is 15.6. The average Bonchev–Trinajstić information content (AvgIpc) is 2.55. The van der Waals surface area contributed by atoms with Gasteiger partial charge in [-0.25, -0.2) is 4.79 Å². The molecule has 4 atom stereocenters. The Labute approximate surface area is 151 Å². The first kappa shape index (κ1) is 18.1. The molecule has 0 saturated carbocycles. The van der Waals surface area contributed by atoms with E-state index in [2.05, 4.69) is 28.6 Å². The summed E-state index contributed by atoms with van der Waals surface area (Å²) in [6, 6.07) is 9.62. The van der Waals surface area contributed by atoms with Crippen LogP contribution in [0.5, 0.6) is 5.75 Å². The summed E-state index contributed by atoms with van der Waals surface area (Å²) in [4.78, 5) is 14.9. The molecule has 1 unspecified atom stereocenters. The second-order valence-corrected chi connectivity index (χ2v) is 7.65. The summed E-state index contributed by atoms with van der Waals surface area (Å²) in [5.74, 6) is 0.854. The number of nitrogens with one attached hydrogen (secondary N) is 2. The molecule has 3 rings (SSSR count). The van der Waals surface area contributed by atoms with E-state index in [0.717, 1.165) is 25.0 Å². The molecule has 0 aliphatic carbocycles. The van der Waals surface area contributed by atoms with Crippen molar-refractivity contribution in [1.29, 1.82) is 0 Å². The molecule has 0 radical (unpaired) electrons. The van der Waals surface area contributed by atoms with Gasteiger partial charge in [0.1, 0.15) is 5.75 Å². The normalized spacial score (nSPS) is 27.4. The SMILES string of the molecule is COc1cccc(C[C@@H](C)NC(=O)NC2C[C@H]3CCC[C@@H](C2)N3C)c1. The molecule has 1 aromatic rings. The highest BCUT2D eigenvalue weighted by atomic mass is 16.5. The van der Waals surface area contributed by atoms with E-state index in [1.54, 1.807) is 7.11 Å². The molecule has 2 N–H and O–H groups in total. The van der Waals surface area contributed by atoms with E-state index in [1.165, 1.54) is 24.8 Å². The maximum atomic E-state index is 12.4. The van der Waals surface area contributed by atoms with Crippen molar-refractivity contribution in [1.82, 2.24) is 15.5 Å². The Hall–Kier alpha value is -1.75. The Kier molecular flexibility index (Phi) is 5.84. The summed E-state index contributed by atoms with van der Waals surface area (Å²) in [5.41, 5.74) is 1.17. The molecule has 2 amide bonds.